The monoisotopic (exact) mass is 535 g/mol. The van der Waals surface area contributed by atoms with E-state index in [1.54, 1.807) is 26.8 Å². The predicted molar refractivity (Wildman–Crippen MR) is 144 cm³/mol. The van der Waals surface area contributed by atoms with E-state index < -0.39 is 34.8 Å². The number of benzene rings is 1. The maximum atomic E-state index is 12.6. The zero-order chi connectivity index (χ0) is 28.8. The Balaban J connectivity index is 3.14. The van der Waals surface area contributed by atoms with E-state index in [1.165, 1.54) is 19.2 Å². The van der Waals surface area contributed by atoms with Gasteiger partial charge in [-0.15, -0.1) is 0 Å². The lowest BCUT2D eigenvalue weighted by Crippen LogP contribution is -2.51. The Labute approximate surface area is 226 Å². The molecule has 0 radical (unpaired) electrons. The molecule has 0 spiro atoms. The van der Waals surface area contributed by atoms with E-state index in [1.807, 2.05) is 13.8 Å². The van der Waals surface area contributed by atoms with Gasteiger partial charge >= 0.3 is 23.9 Å². The van der Waals surface area contributed by atoms with Gasteiger partial charge in [-0.1, -0.05) is 45.6 Å². The lowest BCUT2D eigenvalue weighted by molar-refractivity contribution is -0.156. The molecule has 9 heteroatoms. The SMILES string of the molecule is CCCCCC(=O)Oc1ccc(C[C@](N)(CCOC(=O)C(C)(C)C)C(=O)OC)cc1OC(=O)CCCCC. The first-order chi connectivity index (χ1) is 17.9. The fourth-order valence-corrected chi connectivity index (χ4v) is 3.59. The van der Waals surface area contributed by atoms with E-state index in [0.29, 0.717) is 18.4 Å². The molecule has 0 aliphatic heterocycles. The Kier molecular flexibility index (Phi) is 14.0. The maximum Gasteiger partial charge on any atom is 0.326 e. The van der Waals surface area contributed by atoms with Crippen molar-refractivity contribution in [3.8, 4) is 11.5 Å². The van der Waals surface area contributed by atoms with Gasteiger partial charge in [0.1, 0.15) is 5.54 Å². The number of nitrogens with two attached hydrogens (primary N) is 1. The molecule has 0 saturated carbocycles. The zero-order valence-electron chi connectivity index (χ0n) is 23.9. The van der Waals surface area contributed by atoms with E-state index in [4.69, 9.17) is 24.7 Å². The number of unbranched alkanes of at least 4 members (excludes halogenated alkanes) is 4. The minimum Gasteiger partial charge on any atom is -0.468 e. The van der Waals surface area contributed by atoms with Crippen molar-refractivity contribution >= 4 is 23.9 Å². The van der Waals surface area contributed by atoms with E-state index >= 15 is 0 Å². The smallest absolute Gasteiger partial charge is 0.326 e. The number of esters is 4. The van der Waals surface area contributed by atoms with Crippen LogP contribution in [-0.4, -0.2) is 43.1 Å². The van der Waals surface area contributed by atoms with Gasteiger partial charge in [0.25, 0.3) is 0 Å². The summed E-state index contributed by atoms with van der Waals surface area (Å²) in [6, 6.07) is 4.71. The molecule has 0 heterocycles. The molecule has 2 N–H and O–H groups in total. The van der Waals surface area contributed by atoms with Crippen LogP contribution >= 0.6 is 0 Å². The Morgan fingerprint density at radius 2 is 1.37 bits per heavy atom. The second kappa shape index (κ2) is 16.1. The molecule has 0 fully saturated rings. The molecule has 1 aromatic carbocycles. The van der Waals surface area contributed by atoms with Crippen LogP contribution in [0.4, 0.5) is 0 Å². The van der Waals surface area contributed by atoms with Crippen LogP contribution in [0.3, 0.4) is 0 Å². The first kappa shape index (κ1) is 33.1. The largest absolute Gasteiger partial charge is 0.468 e. The predicted octanol–water partition coefficient (Wildman–Crippen LogP) is 5.05. The molecule has 214 valence electrons. The molecule has 0 bridgehead atoms. The van der Waals surface area contributed by atoms with Crippen molar-refractivity contribution in [1.29, 1.82) is 0 Å². The lowest BCUT2D eigenvalue weighted by Gasteiger charge is -2.27. The summed E-state index contributed by atoms with van der Waals surface area (Å²) in [4.78, 5) is 49.5. The highest BCUT2D eigenvalue weighted by molar-refractivity contribution is 5.81. The number of hydrogen-bond donors (Lipinski definition) is 1. The van der Waals surface area contributed by atoms with Crippen molar-refractivity contribution in [2.75, 3.05) is 13.7 Å². The average molecular weight is 536 g/mol. The molecule has 1 atom stereocenters. The minimum absolute atomic E-state index is 0.0118. The average Bonchev–Trinajstić information content (AvgIpc) is 2.84. The van der Waals surface area contributed by atoms with Crippen LogP contribution in [0, 0.1) is 5.41 Å². The second-order valence-electron chi connectivity index (χ2n) is 10.6. The molecular formula is C29H45NO8. The molecule has 0 amide bonds. The van der Waals surface area contributed by atoms with Gasteiger partial charge in [-0.3, -0.25) is 19.2 Å². The highest BCUT2D eigenvalue weighted by Crippen LogP contribution is 2.31. The molecular weight excluding hydrogens is 490 g/mol. The first-order valence-corrected chi connectivity index (χ1v) is 13.4. The maximum absolute atomic E-state index is 12.6. The molecule has 9 nitrogen and oxygen atoms in total. The molecule has 1 rings (SSSR count). The third-order valence-electron chi connectivity index (χ3n) is 5.93. The zero-order valence-corrected chi connectivity index (χ0v) is 23.9. The van der Waals surface area contributed by atoms with Gasteiger partial charge in [0, 0.05) is 25.7 Å². The number of rotatable bonds is 16. The van der Waals surface area contributed by atoms with Gasteiger partial charge in [0.15, 0.2) is 11.5 Å². The molecule has 0 aromatic heterocycles. The van der Waals surface area contributed by atoms with Crippen LogP contribution in [0.5, 0.6) is 11.5 Å². The molecule has 0 aliphatic carbocycles. The quantitative estimate of drug-likeness (QED) is 0.175. The lowest BCUT2D eigenvalue weighted by atomic mass is 9.88. The summed E-state index contributed by atoms with van der Waals surface area (Å²) < 4.78 is 21.3. The van der Waals surface area contributed by atoms with Gasteiger partial charge in [-0.25, -0.2) is 0 Å². The van der Waals surface area contributed by atoms with Crippen LogP contribution in [0.25, 0.3) is 0 Å². The van der Waals surface area contributed by atoms with Gasteiger partial charge in [-0.05, 0) is 51.3 Å². The van der Waals surface area contributed by atoms with E-state index in [0.717, 1.165) is 25.7 Å². The molecule has 1 aromatic rings. The Morgan fingerprint density at radius 1 is 0.816 bits per heavy atom. The van der Waals surface area contributed by atoms with E-state index in [-0.39, 0.29) is 43.8 Å². The second-order valence-corrected chi connectivity index (χ2v) is 10.6. The van der Waals surface area contributed by atoms with Crippen LogP contribution in [0.15, 0.2) is 18.2 Å². The number of hydrogen-bond acceptors (Lipinski definition) is 9. The van der Waals surface area contributed by atoms with Crippen molar-refractivity contribution in [1.82, 2.24) is 0 Å². The summed E-state index contributed by atoms with van der Waals surface area (Å²) in [5.41, 5.74) is 4.80. The Morgan fingerprint density at radius 3 is 1.87 bits per heavy atom. The number of carbonyl (C=O) groups excluding carboxylic acids is 4. The molecule has 0 unspecified atom stereocenters. The van der Waals surface area contributed by atoms with E-state index in [2.05, 4.69) is 0 Å². The fourth-order valence-electron chi connectivity index (χ4n) is 3.59. The van der Waals surface area contributed by atoms with Gasteiger partial charge in [0.2, 0.25) is 0 Å². The van der Waals surface area contributed by atoms with Crippen LogP contribution in [0.1, 0.15) is 98.0 Å². The summed E-state index contributed by atoms with van der Waals surface area (Å²) in [6.07, 6.45) is 5.62. The van der Waals surface area contributed by atoms with Crippen molar-refractivity contribution < 1.29 is 38.1 Å². The summed E-state index contributed by atoms with van der Waals surface area (Å²) in [5.74, 6) is -1.74. The summed E-state index contributed by atoms with van der Waals surface area (Å²) >= 11 is 0. The Hall–Kier alpha value is -2.94. The van der Waals surface area contributed by atoms with E-state index in [9.17, 15) is 19.2 Å². The van der Waals surface area contributed by atoms with Crippen molar-refractivity contribution in [3.63, 3.8) is 0 Å². The molecule has 0 aliphatic rings. The highest BCUT2D eigenvalue weighted by Gasteiger charge is 2.36. The van der Waals surface area contributed by atoms with Crippen LogP contribution in [0.2, 0.25) is 0 Å². The summed E-state index contributed by atoms with van der Waals surface area (Å²) in [5, 5.41) is 0. The van der Waals surface area contributed by atoms with Gasteiger partial charge in [-0.2, -0.15) is 0 Å². The van der Waals surface area contributed by atoms with Crippen molar-refractivity contribution in [2.45, 2.75) is 104 Å². The third-order valence-corrected chi connectivity index (χ3v) is 5.93. The van der Waals surface area contributed by atoms with Gasteiger partial charge in [0.05, 0.1) is 19.1 Å². The highest BCUT2D eigenvalue weighted by atomic mass is 16.6. The van der Waals surface area contributed by atoms with Crippen LogP contribution in [-0.2, 0) is 35.1 Å². The fraction of sp³-hybridized carbons (Fsp3) is 0.655. The first-order valence-electron chi connectivity index (χ1n) is 13.4. The minimum atomic E-state index is -1.51. The van der Waals surface area contributed by atoms with Crippen LogP contribution < -0.4 is 15.2 Å². The summed E-state index contributed by atoms with van der Waals surface area (Å²) in [7, 11) is 1.23. The topological polar surface area (TPSA) is 131 Å². The molecule has 38 heavy (non-hydrogen) atoms. The van der Waals surface area contributed by atoms with Crippen molar-refractivity contribution in [2.24, 2.45) is 11.1 Å². The Bertz CT molecular complexity index is 937. The van der Waals surface area contributed by atoms with Gasteiger partial charge < -0.3 is 24.7 Å². The van der Waals surface area contributed by atoms with Crippen molar-refractivity contribution in [3.05, 3.63) is 23.8 Å². The number of carbonyl (C=O) groups is 4. The summed E-state index contributed by atoms with van der Waals surface area (Å²) in [6.45, 7) is 9.20. The third kappa shape index (κ3) is 11.6. The number of methoxy groups -OCH3 is 1. The number of ether oxygens (including phenoxy) is 4. The standard InChI is InChI=1S/C29H45NO8/c1-7-9-11-13-24(31)37-22-16-15-21(19-23(22)38-25(32)14-12-10-8-2)20-29(30,27(34)35-6)17-18-36-26(33)28(3,4)5/h15-16,19H,7-14,17-18,20,30H2,1-6H3/t29-/m1/s1. The molecule has 0 saturated heterocycles. The normalized spacial score (nSPS) is 12.8.